The summed E-state index contributed by atoms with van der Waals surface area (Å²) in [5.74, 6) is 0.0152. The van der Waals surface area contributed by atoms with Crippen molar-refractivity contribution < 1.29 is 13.2 Å². The van der Waals surface area contributed by atoms with Gasteiger partial charge < -0.3 is 5.32 Å². The van der Waals surface area contributed by atoms with Crippen molar-refractivity contribution in [3.05, 3.63) is 52.2 Å². The van der Waals surface area contributed by atoms with Crippen molar-refractivity contribution >= 4 is 27.3 Å². The second kappa shape index (κ2) is 9.85. The average Bonchev–Trinajstić information content (AvgIpc) is 3.14. The Hall–Kier alpha value is -1.70. The number of benzene rings is 1. The van der Waals surface area contributed by atoms with E-state index in [1.54, 1.807) is 35.6 Å². The van der Waals surface area contributed by atoms with E-state index in [0.717, 1.165) is 18.4 Å². The van der Waals surface area contributed by atoms with Crippen molar-refractivity contribution in [2.75, 3.05) is 13.1 Å². The molecule has 2 rings (SSSR count). The lowest BCUT2D eigenvalue weighted by molar-refractivity contribution is -0.121. The van der Waals surface area contributed by atoms with Crippen LogP contribution in [0, 0.1) is 0 Å². The number of carbonyl (C=O) groups excluding carboxylic acids is 1. The van der Waals surface area contributed by atoms with E-state index < -0.39 is 10.0 Å². The molecule has 142 valence electrons. The van der Waals surface area contributed by atoms with Gasteiger partial charge >= 0.3 is 0 Å². The van der Waals surface area contributed by atoms with Gasteiger partial charge in [-0.2, -0.15) is 4.31 Å². The summed E-state index contributed by atoms with van der Waals surface area (Å²) < 4.78 is 26.3. The third-order valence-electron chi connectivity index (χ3n) is 4.16. The Kier molecular flexibility index (Phi) is 7.81. The molecular weight excluding hydrogens is 368 g/mol. The molecule has 0 aliphatic rings. The van der Waals surface area contributed by atoms with Crippen LogP contribution in [0.3, 0.4) is 0 Å². The van der Waals surface area contributed by atoms with E-state index in [1.807, 2.05) is 25.3 Å². The zero-order valence-corrected chi connectivity index (χ0v) is 16.9. The molecule has 0 fully saturated rings. The number of aryl methyl sites for hydroxylation is 1. The minimum atomic E-state index is -3.44. The Balaban J connectivity index is 1.82. The number of nitrogens with zero attached hydrogens (tertiary/aromatic N) is 1. The highest BCUT2D eigenvalue weighted by Crippen LogP contribution is 2.16. The van der Waals surface area contributed by atoms with Crippen LogP contribution in [0.15, 0.2) is 46.7 Å². The van der Waals surface area contributed by atoms with Gasteiger partial charge in [0.1, 0.15) is 0 Å². The van der Waals surface area contributed by atoms with Gasteiger partial charge in [0.15, 0.2) is 0 Å². The van der Waals surface area contributed by atoms with Crippen LogP contribution in [-0.2, 0) is 27.8 Å². The molecule has 1 amide bonds. The summed E-state index contributed by atoms with van der Waals surface area (Å²) in [6, 6.07) is 10.8. The molecule has 7 heteroatoms. The smallest absolute Gasteiger partial charge is 0.243 e. The van der Waals surface area contributed by atoms with Gasteiger partial charge in [-0.05, 0) is 42.0 Å². The van der Waals surface area contributed by atoms with Gasteiger partial charge in [0.25, 0.3) is 0 Å². The number of thiophene rings is 1. The molecular formula is C19H26N2O3S2. The number of carbonyl (C=O) groups is 1. The lowest BCUT2D eigenvalue weighted by atomic mass is 10.2. The van der Waals surface area contributed by atoms with Crippen LogP contribution in [0.25, 0.3) is 0 Å². The molecule has 2 aromatic rings. The highest BCUT2D eigenvalue weighted by molar-refractivity contribution is 7.89. The van der Waals surface area contributed by atoms with E-state index in [0.29, 0.717) is 26.1 Å². The summed E-state index contributed by atoms with van der Waals surface area (Å²) in [5.41, 5.74) is 0.884. The van der Waals surface area contributed by atoms with Gasteiger partial charge in [0.05, 0.1) is 4.90 Å². The van der Waals surface area contributed by atoms with Crippen molar-refractivity contribution in [3.63, 3.8) is 0 Å². The van der Waals surface area contributed by atoms with Crippen molar-refractivity contribution in [2.45, 2.75) is 44.6 Å². The molecule has 0 radical (unpaired) electrons. The second-order valence-corrected chi connectivity index (χ2v) is 8.91. The largest absolute Gasteiger partial charge is 0.352 e. The highest BCUT2D eigenvalue weighted by Gasteiger charge is 2.21. The van der Waals surface area contributed by atoms with Gasteiger partial charge in [-0.1, -0.05) is 32.0 Å². The highest BCUT2D eigenvalue weighted by atomic mass is 32.2. The zero-order chi connectivity index (χ0) is 19.0. The first kappa shape index (κ1) is 20.6. The zero-order valence-electron chi connectivity index (χ0n) is 15.3. The first-order valence-electron chi connectivity index (χ1n) is 8.85. The first-order valence-corrected chi connectivity index (χ1v) is 11.2. The third-order valence-corrected chi connectivity index (χ3v) is 7.16. The molecule has 0 saturated carbocycles. The predicted octanol–water partition coefficient (Wildman–Crippen LogP) is 3.42. The Morgan fingerprint density at radius 3 is 2.38 bits per heavy atom. The maximum atomic E-state index is 12.4. The lowest BCUT2D eigenvalue weighted by Crippen LogP contribution is -2.30. The molecule has 0 saturated heterocycles. The molecule has 0 aliphatic carbocycles. The first-order chi connectivity index (χ1) is 12.5. The molecule has 1 aromatic carbocycles. The fourth-order valence-corrected chi connectivity index (χ4v) is 4.87. The maximum Gasteiger partial charge on any atom is 0.243 e. The Bertz CT molecular complexity index is 781. The fourth-order valence-electron chi connectivity index (χ4n) is 2.66. The summed E-state index contributed by atoms with van der Waals surface area (Å²) in [6.07, 6.45) is 2.24. The van der Waals surface area contributed by atoms with E-state index in [4.69, 9.17) is 0 Å². The molecule has 0 aliphatic heterocycles. The van der Waals surface area contributed by atoms with Crippen LogP contribution >= 0.6 is 11.3 Å². The molecule has 26 heavy (non-hydrogen) atoms. The average molecular weight is 395 g/mol. The van der Waals surface area contributed by atoms with Crippen LogP contribution < -0.4 is 5.32 Å². The number of rotatable bonds is 10. The van der Waals surface area contributed by atoms with E-state index in [1.165, 1.54) is 9.18 Å². The summed E-state index contributed by atoms with van der Waals surface area (Å²) in [4.78, 5) is 13.5. The fraction of sp³-hybridized carbons (Fsp3) is 0.421. The Labute approximate surface area is 160 Å². The van der Waals surface area contributed by atoms with Crippen LogP contribution in [0.4, 0.5) is 0 Å². The van der Waals surface area contributed by atoms with Crippen LogP contribution in [0.5, 0.6) is 0 Å². The quantitative estimate of drug-likeness (QED) is 0.671. The number of nitrogens with one attached hydrogen (secondary N) is 1. The van der Waals surface area contributed by atoms with Gasteiger partial charge in [-0.3, -0.25) is 4.79 Å². The monoisotopic (exact) mass is 394 g/mol. The van der Waals surface area contributed by atoms with Gasteiger partial charge in [-0.15, -0.1) is 11.3 Å². The molecule has 1 aromatic heterocycles. The molecule has 0 unspecified atom stereocenters. The Morgan fingerprint density at radius 1 is 1.12 bits per heavy atom. The standard InChI is InChI=1S/C19H26N2O3S2/c1-3-21(4-2)26(23,24)18-12-10-16(11-13-18)15-20-19(22)9-5-7-17-8-6-14-25-17/h6,8,10-14H,3-5,7,9,15H2,1-2H3,(H,20,22). The van der Waals surface area contributed by atoms with E-state index in [2.05, 4.69) is 11.4 Å². The molecule has 5 nitrogen and oxygen atoms in total. The summed E-state index contributed by atoms with van der Waals surface area (Å²) in [7, 11) is -3.44. The maximum absolute atomic E-state index is 12.4. The summed E-state index contributed by atoms with van der Waals surface area (Å²) in [5, 5.41) is 4.93. The molecule has 0 atom stereocenters. The van der Waals surface area contributed by atoms with Crippen molar-refractivity contribution in [2.24, 2.45) is 0 Å². The molecule has 1 heterocycles. The van der Waals surface area contributed by atoms with Crippen molar-refractivity contribution in [1.29, 1.82) is 0 Å². The summed E-state index contributed by atoms with van der Waals surface area (Å²) >= 11 is 1.71. The minimum Gasteiger partial charge on any atom is -0.352 e. The SMILES string of the molecule is CCN(CC)S(=O)(=O)c1ccc(CNC(=O)CCCc2cccs2)cc1. The van der Waals surface area contributed by atoms with Crippen LogP contribution in [-0.4, -0.2) is 31.7 Å². The van der Waals surface area contributed by atoms with Crippen LogP contribution in [0.2, 0.25) is 0 Å². The number of amides is 1. The van der Waals surface area contributed by atoms with E-state index in [-0.39, 0.29) is 10.8 Å². The van der Waals surface area contributed by atoms with E-state index >= 15 is 0 Å². The molecule has 0 spiro atoms. The van der Waals surface area contributed by atoms with E-state index in [9.17, 15) is 13.2 Å². The number of sulfonamides is 1. The van der Waals surface area contributed by atoms with Crippen LogP contribution in [0.1, 0.15) is 37.1 Å². The van der Waals surface area contributed by atoms with Crippen molar-refractivity contribution in [1.82, 2.24) is 9.62 Å². The normalized spacial score (nSPS) is 11.7. The van der Waals surface area contributed by atoms with Gasteiger partial charge in [-0.25, -0.2) is 8.42 Å². The second-order valence-electron chi connectivity index (χ2n) is 5.94. The van der Waals surface area contributed by atoms with Crippen molar-refractivity contribution in [3.8, 4) is 0 Å². The number of hydrogen-bond acceptors (Lipinski definition) is 4. The minimum absolute atomic E-state index is 0.0152. The lowest BCUT2D eigenvalue weighted by Gasteiger charge is -2.18. The number of hydrogen-bond donors (Lipinski definition) is 1. The summed E-state index contributed by atoms with van der Waals surface area (Å²) in [6.45, 7) is 4.94. The Morgan fingerprint density at radius 2 is 1.81 bits per heavy atom. The topological polar surface area (TPSA) is 66.5 Å². The predicted molar refractivity (Wildman–Crippen MR) is 106 cm³/mol. The van der Waals surface area contributed by atoms with Gasteiger partial charge in [0.2, 0.25) is 15.9 Å². The third kappa shape index (κ3) is 5.65. The van der Waals surface area contributed by atoms with Gasteiger partial charge in [0, 0.05) is 30.9 Å². The molecule has 1 N–H and O–H groups in total. The molecule has 0 bridgehead atoms.